The molecule has 0 unspecified atom stereocenters. The number of ether oxygens (including phenoxy) is 5. The molecule has 0 aliphatic heterocycles. The van der Waals surface area contributed by atoms with E-state index < -0.39 is 0 Å². The van der Waals surface area contributed by atoms with E-state index in [1.54, 1.807) is 21.1 Å². The lowest BCUT2D eigenvalue weighted by atomic mass is 9.98. The molecule has 0 bridgehead atoms. The van der Waals surface area contributed by atoms with E-state index in [1.807, 2.05) is 0 Å². The van der Waals surface area contributed by atoms with Crippen LogP contribution in [0.3, 0.4) is 0 Å². The number of rotatable bonds is 13. The molecule has 196 valence electrons. The monoisotopic (exact) mass is 466 g/mol. The van der Waals surface area contributed by atoms with E-state index in [9.17, 15) is 9.59 Å². The predicted octanol–water partition coefficient (Wildman–Crippen LogP) is 5.54. The Balaban J connectivity index is -0.000000171. The first-order valence-corrected chi connectivity index (χ1v) is 11.7. The molecule has 0 aliphatic rings. The Kier molecular flexibility index (Phi) is 38.1. The van der Waals surface area contributed by atoms with Gasteiger partial charge in [0.2, 0.25) is 0 Å². The fourth-order valence-corrected chi connectivity index (χ4v) is 2.06. The summed E-state index contributed by atoms with van der Waals surface area (Å²) < 4.78 is 22.8. The fourth-order valence-electron chi connectivity index (χ4n) is 2.06. The van der Waals surface area contributed by atoms with Crippen LogP contribution in [0.25, 0.3) is 0 Å². The second-order valence-corrected chi connectivity index (χ2v) is 8.12. The van der Waals surface area contributed by atoms with Crippen molar-refractivity contribution in [3.63, 3.8) is 0 Å². The molecule has 0 fully saturated rings. The quantitative estimate of drug-likeness (QED) is 0.330. The average Bonchev–Trinajstić information content (AvgIpc) is 2.78. The van der Waals surface area contributed by atoms with Crippen molar-refractivity contribution in [3.05, 3.63) is 0 Å². The lowest BCUT2D eigenvalue weighted by Gasteiger charge is -2.11. The van der Waals surface area contributed by atoms with Crippen molar-refractivity contribution in [1.29, 1.82) is 0 Å². The molecule has 2 atom stereocenters. The van der Waals surface area contributed by atoms with E-state index in [0.29, 0.717) is 6.42 Å². The molecule has 0 saturated carbocycles. The minimum atomic E-state index is -0.345. The van der Waals surface area contributed by atoms with E-state index in [2.05, 4.69) is 48.8 Å². The second-order valence-electron chi connectivity index (χ2n) is 8.12. The van der Waals surface area contributed by atoms with Gasteiger partial charge in [0.1, 0.15) is 6.61 Å². The van der Waals surface area contributed by atoms with Crippen molar-refractivity contribution < 1.29 is 33.3 Å². The van der Waals surface area contributed by atoms with E-state index in [-0.39, 0.29) is 18.5 Å². The van der Waals surface area contributed by atoms with Gasteiger partial charge < -0.3 is 23.7 Å². The minimum Gasteiger partial charge on any atom is -0.469 e. The predicted molar refractivity (Wildman–Crippen MR) is 132 cm³/mol. The van der Waals surface area contributed by atoms with Crippen LogP contribution in [0.15, 0.2) is 0 Å². The fraction of sp³-hybridized carbons (Fsp3) is 0.920. The van der Waals surface area contributed by atoms with Gasteiger partial charge in [-0.15, -0.1) is 0 Å². The van der Waals surface area contributed by atoms with Gasteiger partial charge in [0.05, 0.1) is 14.2 Å². The first-order chi connectivity index (χ1) is 15.1. The highest BCUT2D eigenvalue weighted by atomic mass is 16.6. The van der Waals surface area contributed by atoms with Crippen molar-refractivity contribution in [3.8, 4) is 0 Å². The summed E-state index contributed by atoms with van der Waals surface area (Å²) in [5, 5.41) is 0. The Labute approximate surface area is 198 Å². The molecule has 0 aliphatic carbocycles. The molecule has 0 amide bonds. The second kappa shape index (κ2) is 32.0. The van der Waals surface area contributed by atoms with Gasteiger partial charge in [0.25, 0.3) is 0 Å². The zero-order valence-corrected chi connectivity index (χ0v) is 23.0. The van der Waals surface area contributed by atoms with Crippen LogP contribution in [0.1, 0.15) is 80.1 Å². The zero-order chi connectivity index (χ0) is 25.8. The summed E-state index contributed by atoms with van der Waals surface area (Å²) in [5.74, 6) is 1.92. The summed E-state index contributed by atoms with van der Waals surface area (Å²) in [5.41, 5.74) is 0. The SMILES string of the molecule is CCC(=O)OC.CC[C@H](C)COC.COCC(=O)OC.COCC[C@@H](C)CCCC(C)C. The molecule has 0 spiro atoms. The maximum atomic E-state index is 10.1. The van der Waals surface area contributed by atoms with E-state index >= 15 is 0 Å². The van der Waals surface area contributed by atoms with Gasteiger partial charge in [0.15, 0.2) is 0 Å². The van der Waals surface area contributed by atoms with Crippen molar-refractivity contribution in [2.24, 2.45) is 17.8 Å². The molecule has 0 saturated heterocycles. The highest BCUT2D eigenvalue weighted by Gasteiger charge is 2.02. The van der Waals surface area contributed by atoms with Crippen LogP contribution in [-0.4, -0.2) is 67.3 Å². The molecule has 0 N–H and O–H groups in total. The van der Waals surface area contributed by atoms with Crippen molar-refractivity contribution >= 4 is 11.9 Å². The molecule has 0 aromatic heterocycles. The van der Waals surface area contributed by atoms with Crippen LogP contribution < -0.4 is 0 Å². The molecule has 0 aromatic carbocycles. The third-order valence-electron chi connectivity index (χ3n) is 4.45. The van der Waals surface area contributed by atoms with Gasteiger partial charge in [-0.3, -0.25) is 4.79 Å². The topological polar surface area (TPSA) is 80.3 Å². The van der Waals surface area contributed by atoms with Gasteiger partial charge >= 0.3 is 11.9 Å². The van der Waals surface area contributed by atoms with Gasteiger partial charge in [-0.1, -0.05) is 67.2 Å². The van der Waals surface area contributed by atoms with Crippen molar-refractivity contribution in [2.75, 3.05) is 55.4 Å². The summed E-state index contributed by atoms with van der Waals surface area (Å²) in [6.07, 6.45) is 7.01. The Morgan fingerprint density at radius 2 is 1.25 bits per heavy atom. The van der Waals surface area contributed by atoms with E-state index in [4.69, 9.17) is 9.47 Å². The molecular formula is C25H54O7. The number of carbonyl (C=O) groups excluding carboxylic acids is 2. The first kappa shape index (κ1) is 38.1. The minimum absolute atomic E-state index is 0.0382. The normalized spacial score (nSPS) is 11.5. The molecule has 7 nitrogen and oxygen atoms in total. The van der Waals surface area contributed by atoms with Crippen LogP contribution >= 0.6 is 0 Å². The highest BCUT2D eigenvalue weighted by Crippen LogP contribution is 2.14. The van der Waals surface area contributed by atoms with Crippen LogP contribution in [0.4, 0.5) is 0 Å². The Bertz CT molecular complexity index is 367. The molecule has 0 heterocycles. The maximum absolute atomic E-state index is 10.1. The molecule has 32 heavy (non-hydrogen) atoms. The Morgan fingerprint density at radius 1 is 0.688 bits per heavy atom. The zero-order valence-electron chi connectivity index (χ0n) is 23.0. The summed E-state index contributed by atoms with van der Waals surface area (Å²) in [6.45, 7) is 14.9. The van der Waals surface area contributed by atoms with Crippen molar-refractivity contribution in [2.45, 2.75) is 80.1 Å². The maximum Gasteiger partial charge on any atom is 0.331 e. The summed E-state index contributed by atoms with van der Waals surface area (Å²) in [4.78, 5) is 20.0. The third kappa shape index (κ3) is 42.8. The summed E-state index contributed by atoms with van der Waals surface area (Å²) >= 11 is 0. The smallest absolute Gasteiger partial charge is 0.331 e. The summed E-state index contributed by atoms with van der Waals surface area (Å²) in [7, 11) is 7.66. The molecular weight excluding hydrogens is 412 g/mol. The Morgan fingerprint density at radius 3 is 1.50 bits per heavy atom. The third-order valence-corrected chi connectivity index (χ3v) is 4.45. The molecule has 0 rings (SSSR count). The lowest BCUT2D eigenvalue weighted by molar-refractivity contribution is -0.144. The molecule has 0 aromatic rings. The number of esters is 2. The lowest BCUT2D eigenvalue weighted by Crippen LogP contribution is -2.07. The Hall–Kier alpha value is -1.18. The number of carbonyl (C=O) groups is 2. The average molecular weight is 467 g/mol. The van der Waals surface area contributed by atoms with E-state index in [0.717, 1.165) is 31.0 Å². The highest BCUT2D eigenvalue weighted by molar-refractivity contribution is 5.70. The van der Waals surface area contributed by atoms with Gasteiger partial charge in [-0.05, 0) is 24.2 Å². The van der Waals surface area contributed by atoms with Gasteiger partial charge in [0, 0.05) is 41.0 Å². The van der Waals surface area contributed by atoms with Crippen molar-refractivity contribution in [1.82, 2.24) is 0 Å². The number of methoxy groups -OCH3 is 5. The number of hydrogen-bond donors (Lipinski definition) is 0. The summed E-state index contributed by atoms with van der Waals surface area (Å²) in [6, 6.07) is 0. The molecule has 0 radical (unpaired) electrons. The largest absolute Gasteiger partial charge is 0.469 e. The van der Waals surface area contributed by atoms with Crippen LogP contribution in [0.2, 0.25) is 0 Å². The molecule has 7 heteroatoms. The van der Waals surface area contributed by atoms with Gasteiger partial charge in [-0.25, -0.2) is 4.79 Å². The standard InChI is InChI=1S/C11H24O.C6H14O.C4H8O3.C4H8O2/c1-10(2)6-5-7-11(3)8-9-12-4;1-4-6(2)5-7-3;1-6-3-4(5)7-2;1-3-4(5)6-2/h10-11H,5-9H2,1-4H3;6H,4-5H2,1-3H3;3H2,1-2H3;3H2,1-2H3/t11-;6-;;/m00../s1. The van der Waals surface area contributed by atoms with Crippen LogP contribution in [0, 0.1) is 17.8 Å². The first-order valence-electron chi connectivity index (χ1n) is 11.7. The van der Waals surface area contributed by atoms with E-state index in [1.165, 1.54) is 53.4 Å². The van der Waals surface area contributed by atoms with Crippen LogP contribution in [-0.2, 0) is 33.3 Å². The number of hydrogen-bond acceptors (Lipinski definition) is 7. The van der Waals surface area contributed by atoms with Gasteiger partial charge in [-0.2, -0.15) is 0 Å². The van der Waals surface area contributed by atoms with Crippen LogP contribution in [0.5, 0.6) is 0 Å².